The lowest BCUT2D eigenvalue weighted by Crippen LogP contribution is -2.19. The van der Waals surface area contributed by atoms with Gasteiger partial charge in [-0.1, -0.05) is 6.07 Å². The summed E-state index contributed by atoms with van der Waals surface area (Å²) in [5, 5.41) is 2.59. The van der Waals surface area contributed by atoms with Crippen molar-refractivity contribution in [2.24, 2.45) is 10.7 Å². The normalized spacial score (nSPS) is 16.9. The van der Waals surface area contributed by atoms with Crippen LogP contribution in [-0.2, 0) is 0 Å². The van der Waals surface area contributed by atoms with E-state index in [0.717, 1.165) is 11.1 Å². The van der Waals surface area contributed by atoms with Crippen molar-refractivity contribution >= 4 is 28.7 Å². The van der Waals surface area contributed by atoms with Crippen LogP contribution < -0.4 is 11.1 Å². The third-order valence-electron chi connectivity index (χ3n) is 2.85. The number of carbonyl (C=O) groups is 1. The Hall–Kier alpha value is -1.40. The van der Waals surface area contributed by atoms with Gasteiger partial charge in [-0.3, -0.25) is 9.69 Å². The highest BCUT2D eigenvalue weighted by Gasteiger charge is 2.25. The van der Waals surface area contributed by atoms with E-state index in [1.54, 1.807) is 19.2 Å². The molecule has 0 saturated carbocycles. The number of hydrogen-bond donors (Lipinski definition) is 2. The molecular formula is C12H17BrN4O. The van der Waals surface area contributed by atoms with Gasteiger partial charge in [-0.15, -0.1) is 17.0 Å². The van der Waals surface area contributed by atoms with Crippen LogP contribution in [0.1, 0.15) is 27.7 Å². The van der Waals surface area contributed by atoms with Crippen molar-refractivity contribution in [3.63, 3.8) is 0 Å². The van der Waals surface area contributed by atoms with E-state index in [4.69, 9.17) is 5.73 Å². The Morgan fingerprint density at radius 3 is 2.67 bits per heavy atom. The predicted octanol–water partition coefficient (Wildman–Crippen LogP) is 0.903. The molecule has 1 aromatic rings. The molecule has 18 heavy (non-hydrogen) atoms. The SMILES string of the molecule is Br.CNC(=O)c1ccc2c(c1)C(N)=NC2N(C)C. The van der Waals surface area contributed by atoms with E-state index in [-0.39, 0.29) is 29.1 Å². The Balaban J connectivity index is 0.00000162. The van der Waals surface area contributed by atoms with E-state index < -0.39 is 0 Å². The van der Waals surface area contributed by atoms with Gasteiger partial charge in [-0.25, -0.2) is 4.99 Å². The lowest BCUT2D eigenvalue weighted by atomic mass is 10.0. The first-order valence-corrected chi connectivity index (χ1v) is 5.40. The Bertz CT molecular complexity index is 499. The zero-order valence-electron chi connectivity index (χ0n) is 10.6. The quantitative estimate of drug-likeness (QED) is 0.852. The van der Waals surface area contributed by atoms with Gasteiger partial charge in [0.15, 0.2) is 0 Å². The van der Waals surface area contributed by atoms with E-state index in [0.29, 0.717) is 11.4 Å². The third-order valence-corrected chi connectivity index (χ3v) is 2.85. The number of halogens is 1. The van der Waals surface area contributed by atoms with Crippen LogP contribution in [0.5, 0.6) is 0 Å². The molecule has 1 aliphatic rings. The average molecular weight is 313 g/mol. The van der Waals surface area contributed by atoms with Gasteiger partial charge in [-0.2, -0.15) is 0 Å². The molecule has 1 aromatic carbocycles. The lowest BCUT2D eigenvalue weighted by Gasteiger charge is -2.17. The first kappa shape index (κ1) is 14.7. The van der Waals surface area contributed by atoms with Gasteiger partial charge in [0.25, 0.3) is 5.91 Å². The molecule has 0 saturated heterocycles. The smallest absolute Gasteiger partial charge is 0.251 e. The van der Waals surface area contributed by atoms with Crippen LogP contribution in [0.2, 0.25) is 0 Å². The topological polar surface area (TPSA) is 70.7 Å². The minimum atomic E-state index is -0.117. The molecule has 6 heteroatoms. The number of benzene rings is 1. The number of nitrogens with zero attached hydrogens (tertiary/aromatic N) is 2. The van der Waals surface area contributed by atoms with Crippen molar-refractivity contribution in [1.82, 2.24) is 10.2 Å². The van der Waals surface area contributed by atoms with Gasteiger partial charge < -0.3 is 11.1 Å². The number of hydrogen-bond acceptors (Lipinski definition) is 4. The molecule has 2 rings (SSSR count). The molecular weight excluding hydrogens is 296 g/mol. The maximum absolute atomic E-state index is 11.5. The fraction of sp³-hybridized carbons (Fsp3) is 0.333. The maximum atomic E-state index is 11.5. The van der Waals surface area contributed by atoms with Gasteiger partial charge in [-0.05, 0) is 26.2 Å². The van der Waals surface area contributed by atoms with Gasteiger partial charge in [0.2, 0.25) is 0 Å². The minimum Gasteiger partial charge on any atom is -0.383 e. The van der Waals surface area contributed by atoms with Crippen LogP contribution in [0, 0.1) is 0 Å². The molecule has 0 aromatic heterocycles. The number of aliphatic imine (C=N–C) groups is 1. The molecule has 1 heterocycles. The van der Waals surface area contributed by atoms with Gasteiger partial charge in [0, 0.05) is 23.7 Å². The van der Waals surface area contributed by atoms with Crippen molar-refractivity contribution < 1.29 is 4.79 Å². The molecule has 0 fully saturated rings. The second-order valence-electron chi connectivity index (χ2n) is 4.23. The molecule has 0 spiro atoms. The summed E-state index contributed by atoms with van der Waals surface area (Å²) in [6.45, 7) is 0. The summed E-state index contributed by atoms with van der Waals surface area (Å²) in [4.78, 5) is 17.9. The Morgan fingerprint density at radius 1 is 1.44 bits per heavy atom. The first-order valence-electron chi connectivity index (χ1n) is 5.40. The Morgan fingerprint density at radius 2 is 2.11 bits per heavy atom. The highest BCUT2D eigenvalue weighted by atomic mass is 79.9. The molecule has 5 nitrogen and oxygen atoms in total. The monoisotopic (exact) mass is 312 g/mol. The fourth-order valence-electron chi connectivity index (χ4n) is 1.95. The van der Waals surface area contributed by atoms with E-state index in [9.17, 15) is 4.79 Å². The minimum absolute atomic E-state index is 0. The van der Waals surface area contributed by atoms with Gasteiger partial charge in [0.05, 0.1) is 0 Å². The Labute approximate surface area is 117 Å². The number of amides is 1. The van der Waals surface area contributed by atoms with E-state index in [1.165, 1.54) is 0 Å². The summed E-state index contributed by atoms with van der Waals surface area (Å²) in [5.41, 5.74) is 8.37. The molecule has 1 aliphatic heterocycles. The number of rotatable bonds is 2. The van der Waals surface area contributed by atoms with Crippen LogP contribution in [0.4, 0.5) is 0 Å². The molecule has 1 unspecified atom stereocenters. The number of nitrogens with two attached hydrogens (primary N) is 1. The summed E-state index contributed by atoms with van der Waals surface area (Å²) < 4.78 is 0. The Kier molecular flexibility index (Phi) is 4.48. The first-order chi connectivity index (χ1) is 8.04. The summed E-state index contributed by atoms with van der Waals surface area (Å²) >= 11 is 0. The summed E-state index contributed by atoms with van der Waals surface area (Å²) in [7, 11) is 5.50. The molecule has 1 amide bonds. The van der Waals surface area contributed by atoms with Gasteiger partial charge >= 0.3 is 0 Å². The zero-order valence-corrected chi connectivity index (χ0v) is 12.3. The highest BCUT2D eigenvalue weighted by molar-refractivity contribution is 8.93. The number of fused-ring (bicyclic) bond motifs is 1. The van der Waals surface area contributed by atoms with Gasteiger partial charge in [0.1, 0.15) is 12.0 Å². The largest absolute Gasteiger partial charge is 0.383 e. The van der Waals surface area contributed by atoms with Crippen LogP contribution in [0.3, 0.4) is 0 Å². The zero-order chi connectivity index (χ0) is 12.6. The van der Waals surface area contributed by atoms with Crippen molar-refractivity contribution in [1.29, 1.82) is 0 Å². The average Bonchev–Trinajstić information content (AvgIpc) is 2.65. The lowest BCUT2D eigenvalue weighted by molar-refractivity contribution is 0.0963. The summed E-state index contributed by atoms with van der Waals surface area (Å²) in [5.74, 6) is 0.373. The van der Waals surface area contributed by atoms with E-state index in [2.05, 4.69) is 10.3 Å². The van der Waals surface area contributed by atoms with Crippen molar-refractivity contribution in [3.05, 3.63) is 34.9 Å². The molecule has 0 radical (unpaired) electrons. The summed E-state index contributed by atoms with van der Waals surface area (Å²) in [6, 6.07) is 5.49. The van der Waals surface area contributed by atoms with E-state index >= 15 is 0 Å². The number of amidine groups is 1. The maximum Gasteiger partial charge on any atom is 0.251 e. The molecule has 98 valence electrons. The van der Waals surface area contributed by atoms with Crippen LogP contribution in [-0.4, -0.2) is 37.8 Å². The third kappa shape index (κ3) is 2.39. The second kappa shape index (κ2) is 5.49. The molecule has 3 N–H and O–H groups in total. The van der Waals surface area contributed by atoms with Crippen molar-refractivity contribution in [3.8, 4) is 0 Å². The van der Waals surface area contributed by atoms with Crippen molar-refractivity contribution in [2.75, 3.05) is 21.1 Å². The molecule has 0 aliphatic carbocycles. The number of nitrogens with one attached hydrogen (secondary N) is 1. The van der Waals surface area contributed by atoms with Crippen LogP contribution >= 0.6 is 17.0 Å². The fourth-order valence-corrected chi connectivity index (χ4v) is 1.95. The van der Waals surface area contributed by atoms with Crippen molar-refractivity contribution in [2.45, 2.75) is 6.17 Å². The second-order valence-corrected chi connectivity index (χ2v) is 4.23. The predicted molar refractivity (Wildman–Crippen MR) is 77.3 cm³/mol. The number of carbonyl (C=O) groups excluding carboxylic acids is 1. The van der Waals surface area contributed by atoms with Crippen LogP contribution in [0.15, 0.2) is 23.2 Å². The van der Waals surface area contributed by atoms with Crippen LogP contribution in [0.25, 0.3) is 0 Å². The molecule has 0 bridgehead atoms. The van der Waals surface area contributed by atoms with E-state index in [1.807, 2.05) is 25.1 Å². The highest BCUT2D eigenvalue weighted by Crippen LogP contribution is 2.30. The molecule has 1 atom stereocenters. The standard InChI is InChI=1S/C12H16N4O.BrH/c1-14-12(17)7-4-5-8-9(6-7)10(13)15-11(8)16(2)3;/h4-6,11H,1-3H3,(H2,13,15)(H,14,17);1H. The summed E-state index contributed by atoms with van der Waals surface area (Å²) in [6.07, 6.45) is -0.0521.